The van der Waals surface area contributed by atoms with Gasteiger partial charge in [-0.1, -0.05) is 6.07 Å². The van der Waals surface area contributed by atoms with Crippen LogP contribution in [-0.2, 0) is 9.59 Å². The van der Waals surface area contributed by atoms with Gasteiger partial charge in [0.05, 0.1) is 5.69 Å². The van der Waals surface area contributed by atoms with Crippen molar-refractivity contribution in [2.45, 2.75) is 13.8 Å². The Labute approximate surface area is 93.5 Å². The maximum Gasteiger partial charge on any atom is 0.313 e. The molecule has 0 fully saturated rings. The lowest BCUT2D eigenvalue weighted by Gasteiger charge is -2.07. The van der Waals surface area contributed by atoms with Crippen LogP contribution in [0.3, 0.4) is 0 Å². The van der Waals surface area contributed by atoms with Gasteiger partial charge in [0.1, 0.15) is 5.75 Å². The highest BCUT2D eigenvalue weighted by Crippen LogP contribution is 2.23. The maximum atomic E-state index is 11.3. The molecule has 0 radical (unpaired) electrons. The number of carbonyl (C=O) groups excluding carboxylic acids is 2. The first-order chi connectivity index (χ1) is 7.54. The summed E-state index contributed by atoms with van der Waals surface area (Å²) in [5, 5.41) is 14.2. The van der Waals surface area contributed by atoms with Gasteiger partial charge in [0.25, 0.3) is 0 Å². The van der Waals surface area contributed by atoms with E-state index in [1.54, 1.807) is 19.1 Å². The molecule has 0 aliphatic rings. The summed E-state index contributed by atoms with van der Waals surface area (Å²) in [6.07, 6.45) is 0. The first-order valence-corrected chi connectivity index (χ1v) is 4.93. The molecule has 16 heavy (non-hydrogen) atoms. The Morgan fingerprint density at radius 2 is 2.00 bits per heavy atom. The molecular formula is C11H14N2O3. The van der Waals surface area contributed by atoms with Gasteiger partial charge >= 0.3 is 11.8 Å². The second-order valence-electron chi connectivity index (χ2n) is 3.33. The standard InChI is InChI=1S/C11H14N2O3/c1-3-12-10(15)11(16)13-8-6-7(2)4-5-9(8)14/h4-6,14H,3H2,1-2H3,(H,12,15)(H,13,16). The van der Waals surface area contributed by atoms with Crippen molar-refractivity contribution >= 4 is 17.5 Å². The number of aromatic hydroxyl groups is 1. The second kappa shape index (κ2) is 5.16. The number of carbonyl (C=O) groups is 2. The maximum absolute atomic E-state index is 11.3. The third kappa shape index (κ3) is 2.98. The SMILES string of the molecule is CCNC(=O)C(=O)Nc1cc(C)ccc1O. The van der Waals surface area contributed by atoms with Crippen molar-refractivity contribution in [2.24, 2.45) is 0 Å². The van der Waals surface area contributed by atoms with E-state index in [4.69, 9.17) is 0 Å². The molecule has 1 rings (SSSR count). The van der Waals surface area contributed by atoms with E-state index >= 15 is 0 Å². The molecule has 0 unspecified atom stereocenters. The zero-order chi connectivity index (χ0) is 12.1. The molecule has 5 nitrogen and oxygen atoms in total. The Morgan fingerprint density at radius 3 is 2.62 bits per heavy atom. The molecule has 1 aromatic carbocycles. The zero-order valence-electron chi connectivity index (χ0n) is 9.20. The van der Waals surface area contributed by atoms with Crippen LogP contribution in [0.15, 0.2) is 18.2 Å². The van der Waals surface area contributed by atoms with Gasteiger partial charge in [-0.2, -0.15) is 0 Å². The number of nitrogens with one attached hydrogen (secondary N) is 2. The minimum Gasteiger partial charge on any atom is -0.506 e. The van der Waals surface area contributed by atoms with Crippen molar-refractivity contribution in [2.75, 3.05) is 11.9 Å². The highest BCUT2D eigenvalue weighted by molar-refractivity contribution is 6.39. The van der Waals surface area contributed by atoms with E-state index in [0.717, 1.165) is 5.56 Å². The summed E-state index contributed by atoms with van der Waals surface area (Å²) in [6.45, 7) is 3.92. The molecule has 0 aliphatic heterocycles. The Bertz CT molecular complexity index is 416. The molecule has 0 spiro atoms. The zero-order valence-corrected chi connectivity index (χ0v) is 9.20. The number of anilines is 1. The average molecular weight is 222 g/mol. The van der Waals surface area contributed by atoms with Crippen molar-refractivity contribution in [3.8, 4) is 5.75 Å². The van der Waals surface area contributed by atoms with Gasteiger partial charge in [-0.15, -0.1) is 0 Å². The molecule has 1 aromatic rings. The van der Waals surface area contributed by atoms with Crippen LogP contribution in [0.4, 0.5) is 5.69 Å². The van der Waals surface area contributed by atoms with Crippen molar-refractivity contribution in [3.63, 3.8) is 0 Å². The van der Waals surface area contributed by atoms with Crippen LogP contribution in [0.25, 0.3) is 0 Å². The smallest absolute Gasteiger partial charge is 0.313 e. The van der Waals surface area contributed by atoms with E-state index in [0.29, 0.717) is 6.54 Å². The lowest BCUT2D eigenvalue weighted by atomic mass is 10.2. The molecule has 0 saturated heterocycles. The number of hydrogen-bond acceptors (Lipinski definition) is 3. The molecule has 2 amide bonds. The molecule has 0 heterocycles. The van der Waals surface area contributed by atoms with Gasteiger partial charge in [-0.05, 0) is 31.5 Å². The van der Waals surface area contributed by atoms with Crippen molar-refractivity contribution in [1.29, 1.82) is 0 Å². The van der Waals surface area contributed by atoms with Crippen molar-refractivity contribution in [3.05, 3.63) is 23.8 Å². The average Bonchev–Trinajstić information content (AvgIpc) is 2.23. The molecule has 0 saturated carbocycles. The number of amides is 2. The highest BCUT2D eigenvalue weighted by Gasteiger charge is 2.13. The fourth-order valence-corrected chi connectivity index (χ4v) is 1.17. The van der Waals surface area contributed by atoms with Gasteiger partial charge < -0.3 is 15.7 Å². The number of phenols is 1. The van der Waals surface area contributed by atoms with Crippen LogP contribution in [0.1, 0.15) is 12.5 Å². The Morgan fingerprint density at radius 1 is 1.31 bits per heavy atom. The summed E-state index contributed by atoms with van der Waals surface area (Å²) in [7, 11) is 0. The largest absolute Gasteiger partial charge is 0.506 e. The number of phenolic OH excluding ortho intramolecular Hbond substituents is 1. The van der Waals surface area contributed by atoms with Gasteiger partial charge in [0.2, 0.25) is 0 Å². The van der Waals surface area contributed by atoms with Gasteiger partial charge in [-0.25, -0.2) is 0 Å². The molecule has 0 aromatic heterocycles. The summed E-state index contributed by atoms with van der Waals surface area (Å²) >= 11 is 0. The van der Waals surface area contributed by atoms with E-state index in [-0.39, 0.29) is 11.4 Å². The van der Waals surface area contributed by atoms with Gasteiger partial charge in [0.15, 0.2) is 0 Å². The van der Waals surface area contributed by atoms with Crippen LogP contribution < -0.4 is 10.6 Å². The van der Waals surface area contributed by atoms with E-state index in [1.807, 2.05) is 6.92 Å². The van der Waals surface area contributed by atoms with Crippen molar-refractivity contribution < 1.29 is 14.7 Å². The Balaban J connectivity index is 2.76. The lowest BCUT2D eigenvalue weighted by molar-refractivity contribution is -0.136. The first-order valence-electron chi connectivity index (χ1n) is 4.93. The normalized spacial score (nSPS) is 9.62. The molecule has 3 N–H and O–H groups in total. The third-order valence-corrected chi connectivity index (χ3v) is 1.94. The number of hydrogen-bond donors (Lipinski definition) is 3. The number of benzene rings is 1. The van der Waals surface area contributed by atoms with Crippen LogP contribution in [0, 0.1) is 6.92 Å². The summed E-state index contributed by atoms with van der Waals surface area (Å²) in [5.41, 5.74) is 1.11. The Hall–Kier alpha value is -2.04. The van der Waals surface area contributed by atoms with E-state index in [1.165, 1.54) is 6.07 Å². The number of likely N-dealkylation sites (N-methyl/N-ethyl adjacent to an activating group) is 1. The molecule has 0 aliphatic carbocycles. The highest BCUT2D eigenvalue weighted by atomic mass is 16.3. The summed E-state index contributed by atoms with van der Waals surface area (Å²) in [4.78, 5) is 22.5. The predicted molar refractivity (Wildman–Crippen MR) is 60.2 cm³/mol. The topological polar surface area (TPSA) is 78.4 Å². The van der Waals surface area contributed by atoms with Gasteiger partial charge in [-0.3, -0.25) is 9.59 Å². The monoisotopic (exact) mass is 222 g/mol. The second-order valence-corrected chi connectivity index (χ2v) is 3.33. The minimum absolute atomic E-state index is 0.0664. The van der Waals surface area contributed by atoms with Crippen LogP contribution in [0.5, 0.6) is 5.75 Å². The molecule has 0 bridgehead atoms. The van der Waals surface area contributed by atoms with Crippen LogP contribution in [0.2, 0.25) is 0 Å². The minimum atomic E-state index is -0.789. The van der Waals surface area contributed by atoms with E-state index in [2.05, 4.69) is 10.6 Å². The molecule has 5 heteroatoms. The summed E-state index contributed by atoms with van der Waals surface area (Å²) in [5.74, 6) is -1.57. The molecule has 86 valence electrons. The van der Waals surface area contributed by atoms with Crippen LogP contribution >= 0.6 is 0 Å². The molecular weight excluding hydrogens is 208 g/mol. The summed E-state index contributed by atoms with van der Waals surface area (Å²) < 4.78 is 0. The number of aryl methyl sites for hydroxylation is 1. The summed E-state index contributed by atoms with van der Waals surface area (Å²) in [6, 6.07) is 4.76. The van der Waals surface area contributed by atoms with Gasteiger partial charge in [0, 0.05) is 6.54 Å². The third-order valence-electron chi connectivity index (χ3n) is 1.94. The lowest BCUT2D eigenvalue weighted by Crippen LogP contribution is -2.35. The fourth-order valence-electron chi connectivity index (χ4n) is 1.17. The quantitative estimate of drug-likeness (QED) is 0.511. The number of rotatable bonds is 2. The van der Waals surface area contributed by atoms with E-state index < -0.39 is 11.8 Å². The van der Waals surface area contributed by atoms with E-state index in [9.17, 15) is 14.7 Å². The van der Waals surface area contributed by atoms with Crippen LogP contribution in [-0.4, -0.2) is 23.5 Å². The molecule has 0 atom stereocenters. The van der Waals surface area contributed by atoms with Crippen molar-refractivity contribution in [1.82, 2.24) is 5.32 Å². The Kier molecular flexibility index (Phi) is 3.88. The fraction of sp³-hybridized carbons (Fsp3) is 0.273. The first kappa shape index (κ1) is 12.0. The predicted octanol–water partition coefficient (Wildman–Crippen LogP) is 0.775.